The van der Waals surface area contributed by atoms with Crippen LogP contribution in [0.15, 0.2) is 18.2 Å². The van der Waals surface area contributed by atoms with E-state index in [1.807, 2.05) is 0 Å². The molecule has 2 amide bonds. The first-order chi connectivity index (χ1) is 17.3. The molecule has 0 unspecified atom stereocenters. The fourth-order valence-corrected chi connectivity index (χ4v) is 5.94. The Kier molecular flexibility index (Phi) is 10.9. The van der Waals surface area contributed by atoms with Gasteiger partial charge in [-0.3, -0.25) is 0 Å². The number of rotatable bonds is 12. The number of unbranched alkanes of at least 4 members (excludes halogenated alkanes) is 1. The second kappa shape index (κ2) is 13.7. The predicted octanol–water partition coefficient (Wildman–Crippen LogP) is 3.53. The molecule has 204 valence electrons. The fourth-order valence-electron chi connectivity index (χ4n) is 5.94. The molecular weight excluding hydrogens is 468 g/mol. The number of likely N-dealkylation sites (N-methyl/N-ethyl adjacent to an activating group) is 1. The van der Waals surface area contributed by atoms with Crippen LogP contribution in [0.25, 0.3) is 0 Å². The lowest BCUT2D eigenvalue weighted by atomic mass is 9.74. The van der Waals surface area contributed by atoms with Gasteiger partial charge in [-0.05, 0) is 64.0 Å². The maximum absolute atomic E-state index is 14.9. The van der Waals surface area contributed by atoms with E-state index in [1.54, 1.807) is 19.1 Å². The number of methoxy groups -OCH3 is 1. The van der Waals surface area contributed by atoms with Crippen LogP contribution in [0.5, 0.6) is 0 Å². The van der Waals surface area contributed by atoms with Crippen LogP contribution in [0.4, 0.5) is 13.6 Å². The molecule has 1 saturated heterocycles. The van der Waals surface area contributed by atoms with E-state index in [-0.39, 0.29) is 30.5 Å². The highest BCUT2D eigenvalue weighted by atomic mass is 19.2. The van der Waals surface area contributed by atoms with Gasteiger partial charge in [-0.15, -0.1) is 0 Å². The van der Waals surface area contributed by atoms with Crippen molar-refractivity contribution < 1.29 is 28.5 Å². The number of nitrogens with zero attached hydrogens (tertiary/aromatic N) is 1. The van der Waals surface area contributed by atoms with Crippen LogP contribution in [-0.4, -0.2) is 73.7 Å². The van der Waals surface area contributed by atoms with Gasteiger partial charge in [-0.25, -0.2) is 13.6 Å². The molecular formula is C27H43F2N3O4. The lowest BCUT2D eigenvalue weighted by Crippen LogP contribution is -2.57. The third-order valence-corrected chi connectivity index (χ3v) is 7.99. The number of carbonyl (C=O) groups excluding carboxylic acids is 1. The van der Waals surface area contributed by atoms with E-state index in [1.165, 1.54) is 12.1 Å². The first-order valence-corrected chi connectivity index (χ1v) is 13.4. The number of urea groups is 1. The van der Waals surface area contributed by atoms with Crippen molar-refractivity contribution in [1.29, 1.82) is 0 Å². The van der Waals surface area contributed by atoms with Crippen molar-refractivity contribution in [3.63, 3.8) is 0 Å². The Morgan fingerprint density at radius 2 is 1.97 bits per heavy atom. The Morgan fingerprint density at radius 1 is 1.22 bits per heavy atom. The van der Waals surface area contributed by atoms with E-state index in [4.69, 9.17) is 4.74 Å². The molecule has 4 atom stereocenters. The van der Waals surface area contributed by atoms with E-state index >= 15 is 0 Å². The average Bonchev–Trinajstić information content (AvgIpc) is 3.42. The number of hydrogen-bond donors (Lipinski definition) is 4. The van der Waals surface area contributed by atoms with Gasteiger partial charge in [-0.1, -0.05) is 25.0 Å². The summed E-state index contributed by atoms with van der Waals surface area (Å²) >= 11 is 0. The molecule has 4 N–H and O–H groups in total. The van der Waals surface area contributed by atoms with Crippen LogP contribution < -0.4 is 10.6 Å². The van der Waals surface area contributed by atoms with E-state index in [9.17, 15) is 23.8 Å². The molecule has 1 aromatic carbocycles. The Bertz CT molecular complexity index is 839. The fraction of sp³-hybridized carbons (Fsp3) is 0.741. The predicted molar refractivity (Wildman–Crippen MR) is 134 cm³/mol. The van der Waals surface area contributed by atoms with Crippen LogP contribution >= 0.6 is 0 Å². The first-order valence-electron chi connectivity index (χ1n) is 13.4. The first kappa shape index (κ1) is 28.8. The number of hydrogen-bond acceptors (Lipinski definition) is 5. The second-order valence-corrected chi connectivity index (χ2v) is 10.4. The number of aliphatic hydroxyl groups is 2. The summed E-state index contributed by atoms with van der Waals surface area (Å²) in [5, 5.41) is 28.8. The van der Waals surface area contributed by atoms with Gasteiger partial charge < -0.3 is 30.5 Å². The van der Waals surface area contributed by atoms with Crippen molar-refractivity contribution in [3.05, 3.63) is 35.4 Å². The summed E-state index contributed by atoms with van der Waals surface area (Å²) in [5.41, 5.74) is -1.68. The molecule has 1 aliphatic heterocycles. The normalized spacial score (nSPS) is 22.3. The Labute approximate surface area is 213 Å². The van der Waals surface area contributed by atoms with Crippen molar-refractivity contribution in [3.8, 4) is 0 Å². The number of carbonyl (C=O) groups is 1. The standard InChI is InChI=1S/C27H43F2N3O4/c1-30-17-23(25(33)19-9-3-4-10-19)31-26(34)32-15-8-11-20(18-32)27(35,14-5-6-16-36-2)21-12-7-13-22(28)24(21)29/h7,12-13,19-20,23,25,30,33,35H,3-6,8-11,14-18H2,1-2H3,(H,31,34)/t20-,23-,25+,27+/m1/s1. The van der Waals surface area contributed by atoms with Crippen molar-refractivity contribution in [2.75, 3.05) is 40.4 Å². The summed E-state index contributed by atoms with van der Waals surface area (Å²) < 4.78 is 34.1. The monoisotopic (exact) mass is 511 g/mol. The van der Waals surface area contributed by atoms with Gasteiger partial charge in [0.1, 0.15) is 0 Å². The molecule has 0 bridgehead atoms. The molecule has 0 radical (unpaired) electrons. The zero-order chi connectivity index (χ0) is 26.1. The zero-order valence-corrected chi connectivity index (χ0v) is 21.6. The van der Waals surface area contributed by atoms with Gasteiger partial charge in [0.05, 0.1) is 17.7 Å². The van der Waals surface area contributed by atoms with E-state index in [0.717, 1.165) is 31.7 Å². The van der Waals surface area contributed by atoms with Crippen molar-refractivity contribution in [2.45, 2.75) is 75.5 Å². The molecule has 7 nitrogen and oxygen atoms in total. The van der Waals surface area contributed by atoms with Gasteiger partial charge in [0.15, 0.2) is 11.6 Å². The minimum atomic E-state index is -1.62. The van der Waals surface area contributed by atoms with Gasteiger partial charge in [0.25, 0.3) is 0 Å². The maximum atomic E-state index is 14.9. The van der Waals surface area contributed by atoms with Gasteiger partial charge in [0, 0.05) is 44.8 Å². The minimum Gasteiger partial charge on any atom is -0.391 e. The number of likely N-dealkylation sites (tertiary alicyclic amines) is 1. The Hall–Kier alpha value is -1.81. The Morgan fingerprint density at radius 3 is 2.67 bits per heavy atom. The van der Waals surface area contributed by atoms with Crippen LogP contribution in [0.3, 0.4) is 0 Å². The summed E-state index contributed by atoms with van der Waals surface area (Å²) in [6, 6.07) is 3.16. The largest absolute Gasteiger partial charge is 0.391 e. The summed E-state index contributed by atoms with van der Waals surface area (Å²) in [7, 11) is 3.38. The molecule has 2 fully saturated rings. The average molecular weight is 512 g/mol. The van der Waals surface area contributed by atoms with Gasteiger partial charge in [-0.2, -0.15) is 0 Å². The number of amides is 2. The number of halogens is 2. The molecule has 0 spiro atoms. The van der Waals surface area contributed by atoms with Crippen molar-refractivity contribution in [2.24, 2.45) is 11.8 Å². The number of aliphatic hydroxyl groups excluding tert-OH is 1. The molecule has 1 aromatic rings. The van der Waals surface area contributed by atoms with Gasteiger partial charge >= 0.3 is 6.03 Å². The van der Waals surface area contributed by atoms with Crippen LogP contribution in [0.1, 0.15) is 63.4 Å². The highest BCUT2D eigenvalue weighted by Gasteiger charge is 2.43. The highest BCUT2D eigenvalue weighted by Crippen LogP contribution is 2.41. The van der Waals surface area contributed by atoms with Crippen LogP contribution in [0, 0.1) is 23.5 Å². The molecule has 36 heavy (non-hydrogen) atoms. The maximum Gasteiger partial charge on any atom is 0.317 e. The van der Waals surface area contributed by atoms with E-state index < -0.39 is 35.3 Å². The van der Waals surface area contributed by atoms with Crippen LogP contribution in [-0.2, 0) is 10.3 Å². The van der Waals surface area contributed by atoms with Crippen LogP contribution in [0.2, 0.25) is 0 Å². The molecule has 1 heterocycles. The lowest BCUT2D eigenvalue weighted by Gasteiger charge is -2.43. The van der Waals surface area contributed by atoms with E-state index in [2.05, 4.69) is 10.6 Å². The lowest BCUT2D eigenvalue weighted by molar-refractivity contribution is -0.0594. The number of piperidine rings is 1. The quantitative estimate of drug-likeness (QED) is 0.322. The number of benzene rings is 1. The highest BCUT2D eigenvalue weighted by molar-refractivity contribution is 5.74. The summed E-state index contributed by atoms with van der Waals surface area (Å²) in [4.78, 5) is 14.9. The molecule has 1 aliphatic carbocycles. The third kappa shape index (κ3) is 6.94. The smallest absolute Gasteiger partial charge is 0.317 e. The van der Waals surface area contributed by atoms with Crippen molar-refractivity contribution >= 4 is 6.03 Å². The third-order valence-electron chi connectivity index (χ3n) is 7.99. The number of nitrogens with one attached hydrogen (secondary N) is 2. The SMILES string of the molecule is CNC[C@@H](NC(=O)N1CCC[C@@H]([C@@](O)(CCCCOC)c2cccc(F)c2F)C1)[C@@H](O)C1CCCC1. The molecule has 2 aliphatic rings. The minimum absolute atomic E-state index is 0.0584. The Balaban J connectivity index is 1.75. The molecule has 3 rings (SSSR count). The van der Waals surface area contributed by atoms with Crippen molar-refractivity contribution in [1.82, 2.24) is 15.5 Å². The second-order valence-electron chi connectivity index (χ2n) is 10.4. The summed E-state index contributed by atoms with van der Waals surface area (Å²) in [6.07, 6.45) is 6.17. The summed E-state index contributed by atoms with van der Waals surface area (Å²) in [6.45, 7) is 1.67. The molecule has 9 heteroatoms. The topological polar surface area (TPSA) is 94.1 Å². The molecule has 0 aromatic heterocycles. The molecule has 1 saturated carbocycles. The zero-order valence-electron chi connectivity index (χ0n) is 21.6. The van der Waals surface area contributed by atoms with Gasteiger partial charge in [0.2, 0.25) is 0 Å². The van der Waals surface area contributed by atoms with E-state index in [0.29, 0.717) is 45.4 Å². The summed E-state index contributed by atoms with van der Waals surface area (Å²) in [5.74, 6) is -2.32. The number of ether oxygens (including phenoxy) is 1.